The molecule has 2 aromatic heterocycles. The van der Waals surface area contributed by atoms with Gasteiger partial charge in [-0.15, -0.1) is 11.3 Å². The largest absolute Gasteiger partial charge is 0.451 e. The topological polar surface area (TPSA) is 50.7 Å². The van der Waals surface area contributed by atoms with Crippen LogP contribution in [0.5, 0.6) is 0 Å². The van der Waals surface area contributed by atoms with Crippen molar-refractivity contribution in [1.82, 2.24) is 15.0 Å². The highest BCUT2D eigenvalue weighted by atomic mass is 35.5. The zero-order valence-electron chi connectivity index (χ0n) is 10.5. The molecule has 0 saturated carbocycles. The average molecular weight is 323 g/mol. The number of aryl methyl sites for hydroxylation is 1. The Morgan fingerprint density at radius 3 is 2.60 bits per heavy atom. The molecule has 0 aromatic carbocycles. The van der Waals surface area contributed by atoms with E-state index in [0.29, 0.717) is 0 Å². The van der Waals surface area contributed by atoms with Gasteiger partial charge in [0, 0.05) is 17.1 Å². The molecule has 4 nitrogen and oxygen atoms in total. The Kier molecular flexibility index (Phi) is 4.14. The summed E-state index contributed by atoms with van der Waals surface area (Å²) in [6.45, 7) is 3.68. The van der Waals surface area contributed by atoms with Crippen molar-refractivity contribution in [3.63, 3.8) is 0 Å². The van der Waals surface area contributed by atoms with E-state index in [4.69, 9.17) is 11.6 Å². The number of nitrogens with zero attached hydrogens (tertiary/aromatic N) is 3. The van der Waals surface area contributed by atoms with Crippen LogP contribution in [0, 0.1) is 6.92 Å². The van der Waals surface area contributed by atoms with Crippen LogP contribution in [-0.4, -0.2) is 15.0 Å². The van der Waals surface area contributed by atoms with Gasteiger partial charge < -0.3 is 5.32 Å². The summed E-state index contributed by atoms with van der Waals surface area (Å²) < 4.78 is 37.8. The lowest BCUT2D eigenvalue weighted by Gasteiger charge is -2.13. The molecule has 2 rings (SSSR count). The third kappa shape index (κ3) is 3.57. The van der Waals surface area contributed by atoms with E-state index in [2.05, 4.69) is 20.3 Å². The molecule has 2 heterocycles. The molecule has 1 atom stereocenters. The minimum Gasteiger partial charge on any atom is -0.361 e. The molecule has 9 heteroatoms. The van der Waals surface area contributed by atoms with Crippen molar-refractivity contribution in [2.45, 2.75) is 26.1 Å². The predicted molar refractivity (Wildman–Crippen MR) is 70.9 cm³/mol. The van der Waals surface area contributed by atoms with Crippen LogP contribution in [0.3, 0.4) is 0 Å². The van der Waals surface area contributed by atoms with Gasteiger partial charge in [0.15, 0.2) is 0 Å². The maximum atomic E-state index is 12.6. The van der Waals surface area contributed by atoms with Crippen LogP contribution in [0.2, 0.25) is 5.15 Å². The Bertz CT molecular complexity index is 614. The number of nitrogens with one attached hydrogen (secondary N) is 1. The second-order valence-corrected chi connectivity index (χ2v) is 5.73. The molecule has 20 heavy (non-hydrogen) atoms. The van der Waals surface area contributed by atoms with Gasteiger partial charge in [0.25, 0.3) is 0 Å². The molecule has 0 fully saturated rings. The Morgan fingerprint density at radius 2 is 2.05 bits per heavy atom. The highest BCUT2D eigenvalue weighted by Gasteiger charge is 2.35. The third-order valence-corrected chi connectivity index (χ3v) is 3.61. The zero-order valence-corrected chi connectivity index (χ0v) is 12.1. The van der Waals surface area contributed by atoms with Crippen molar-refractivity contribution >= 4 is 28.8 Å². The van der Waals surface area contributed by atoms with Gasteiger partial charge >= 0.3 is 6.18 Å². The minimum absolute atomic E-state index is 0.0117. The van der Waals surface area contributed by atoms with Crippen molar-refractivity contribution < 1.29 is 13.2 Å². The summed E-state index contributed by atoms with van der Waals surface area (Å²) in [5, 5.41) is 3.33. The minimum atomic E-state index is -4.64. The van der Waals surface area contributed by atoms with Crippen LogP contribution >= 0.6 is 22.9 Å². The smallest absolute Gasteiger partial charge is 0.361 e. The third-order valence-electron chi connectivity index (χ3n) is 2.32. The Balaban J connectivity index is 2.23. The van der Waals surface area contributed by atoms with Crippen LogP contribution in [-0.2, 0) is 6.18 Å². The molecule has 108 valence electrons. The number of hydrogen-bond acceptors (Lipinski definition) is 5. The van der Waals surface area contributed by atoms with Gasteiger partial charge in [0.2, 0.25) is 5.82 Å². The van der Waals surface area contributed by atoms with Gasteiger partial charge in [-0.2, -0.15) is 13.2 Å². The lowest BCUT2D eigenvalue weighted by Crippen LogP contribution is -2.14. The SMILES string of the molecule is Cc1cnc(C(C)Nc2cc(Cl)nc(C(F)(F)F)n2)s1. The molecule has 0 bridgehead atoms. The summed E-state index contributed by atoms with van der Waals surface area (Å²) in [5.41, 5.74) is 0. The maximum Gasteiger partial charge on any atom is 0.451 e. The Morgan fingerprint density at radius 1 is 1.35 bits per heavy atom. The second-order valence-electron chi connectivity index (χ2n) is 4.07. The summed E-state index contributed by atoms with van der Waals surface area (Å²) in [6, 6.07) is 0.967. The van der Waals surface area contributed by atoms with Crippen LogP contribution in [0.15, 0.2) is 12.3 Å². The quantitative estimate of drug-likeness (QED) is 0.865. The van der Waals surface area contributed by atoms with Crippen LogP contribution in [0.4, 0.5) is 19.0 Å². The van der Waals surface area contributed by atoms with E-state index in [0.717, 1.165) is 9.88 Å². The first kappa shape index (κ1) is 15.0. The Hall–Kier alpha value is -1.41. The van der Waals surface area contributed by atoms with Gasteiger partial charge in [0.1, 0.15) is 16.0 Å². The first-order chi connectivity index (χ1) is 9.25. The zero-order chi connectivity index (χ0) is 14.9. The second kappa shape index (κ2) is 5.53. The Labute approximate surface area is 122 Å². The van der Waals surface area contributed by atoms with E-state index >= 15 is 0 Å². The summed E-state index contributed by atoms with van der Waals surface area (Å²) in [5.74, 6) is -1.26. The van der Waals surface area contributed by atoms with Gasteiger partial charge in [-0.05, 0) is 13.8 Å². The number of hydrogen-bond donors (Lipinski definition) is 1. The molecule has 0 saturated heterocycles. The molecule has 0 aliphatic carbocycles. The van der Waals surface area contributed by atoms with Gasteiger partial charge in [-0.3, -0.25) is 0 Å². The molecule has 2 aromatic rings. The molecular formula is C11H10ClF3N4S. The van der Waals surface area contributed by atoms with Gasteiger partial charge in [-0.1, -0.05) is 11.6 Å². The van der Waals surface area contributed by atoms with Gasteiger partial charge in [0.05, 0.1) is 6.04 Å². The lowest BCUT2D eigenvalue weighted by atomic mass is 10.3. The number of anilines is 1. The van der Waals surface area contributed by atoms with E-state index in [1.54, 1.807) is 13.1 Å². The fraction of sp³-hybridized carbons (Fsp3) is 0.364. The molecule has 0 aliphatic heterocycles. The normalized spacial score (nSPS) is 13.3. The van der Waals surface area contributed by atoms with Crippen molar-refractivity contribution in [3.8, 4) is 0 Å². The first-order valence-electron chi connectivity index (χ1n) is 5.56. The van der Waals surface area contributed by atoms with Crippen molar-refractivity contribution in [2.24, 2.45) is 0 Å². The fourth-order valence-electron chi connectivity index (χ4n) is 1.47. The van der Waals surface area contributed by atoms with Crippen molar-refractivity contribution in [1.29, 1.82) is 0 Å². The molecule has 0 radical (unpaired) electrons. The van der Waals surface area contributed by atoms with Crippen LogP contribution in [0.1, 0.15) is 28.7 Å². The molecule has 1 unspecified atom stereocenters. The van der Waals surface area contributed by atoms with Gasteiger partial charge in [-0.25, -0.2) is 15.0 Å². The predicted octanol–water partition coefficient (Wildman–Crippen LogP) is 4.09. The lowest BCUT2D eigenvalue weighted by molar-refractivity contribution is -0.144. The first-order valence-corrected chi connectivity index (χ1v) is 6.76. The molecule has 0 aliphatic rings. The van der Waals surface area contributed by atoms with Crippen molar-refractivity contribution in [3.05, 3.63) is 33.1 Å². The summed E-state index contributed by atoms with van der Waals surface area (Å²) in [7, 11) is 0. The van der Waals surface area contributed by atoms with E-state index in [1.807, 2.05) is 6.92 Å². The highest BCUT2D eigenvalue weighted by Crippen LogP contribution is 2.29. The molecule has 1 N–H and O–H groups in total. The molecule has 0 amide bonds. The summed E-state index contributed by atoms with van der Waals surface area (Å²) >= 11 is 7.04. The van der Waals surface area contributed by atoms with Crippen LogP contribution < -0.4 is 5.32 Å². The molecule has 0 spiro atoms. The fourth-order valence-corrected chi connectivity index (χ4v) is 2.43. The number of alkyl halides is 3. The van der Waals surface area contributed by atoms with E-state index in [9.17, 15) is 13.2 Å². The van der Waals surface area contributed by atoms with E-state index < -0.39 is 12.0 Å². The summed E-state index contributed by atoms with van der Waals surface area (Å²) in [6.07, 6.45) is -2.94. The van der Waals surface area contributed by atoms with Crippen molar-refractivity contribution in [2.75, 3.05) is 5.32 Å². The molecular weight excluding hydrogens is 313 g/mol. The van der Waals surface area contributed by atoms with Crippen LogP contribution in [0.25, 0.3) is 0 Å². The number of aromatic nitrogens is 3. The standard InChI is InChI=1S/C11H10ClF3N4S/c1-5-4-16-9(20-5)6(2)17-8-3-7(12)18-10(19-8)11(13,14)15/h3-4,6H,1-2H3,(H,17,18,19). The number of rotatable bonds is 3. The summed E-state index contributed by atoms with van der Waals surface area (Å²) in [4.78, 5) is 11.8. The van der Waals surface area contributed by atoms with E-state index in [-0.39, 0.29) is 17.0 Å². The van der Waals surface area contributed by atoms with E-state index in [1.165, 1.54) is 17.4 Å². The average Bonchev–Trinajstić information content (AvgIpc) is 2.74. The highest BCUT2D eigenvalue weighted by molar-refractivity contribution is 7.11. The number of halogens is 4. The number of thiazole rings is 1. The maximum absolute atomic E-state index is 12.6. The monoisotopic (exact) mass is 322 g/mol.